The van der Waals surface area contributed by atoms with Crippen molar-refractivity contribution >= 4 is 22.9 Å². The Bertz CT molecular complexity index is 1300. The molecule has 10 heteroatoms. The van der Waals surface area contributed by atoms with Crippen LogP contribution in [-0.2, 0) is 6.42 Å². The second-order valence-electron chi connectivity index (χ2n) is 9.87. The average Bonchev–Trinajstić information content (AvgIpc) is 3.08. The molecule has 5 rings (SSSR count). The van der Waals surface area contributed by atoms with E-state index in [1.807, 2.05) is 12.1 Å². The van der Waals surface area contributed by atoms with E-state index in [4.69, 9.17) is 0 Å². The van der Waals surface area contributed by atoms with Gasteiger partial charge in [0.25, 0.3) is 11.8 Å². The highest BCUT2D eigenvalue weighted by atomic mass is 19.3. The zero-order valence-corrected chi connectivity index (χ0v) is 19.6. The Hall–Kier alpha value is -3.43. The second-order valence-corrected chi connectivity index (χ2v) is 9.87. The lowest BCUT2D eigenvalue weighted by Gasteiger charge is -2.35. The van der Waals surface area contributed by atoms with Crippen LogP contribution in [0.3, 0.4) is 0 Å². The molecule has 0 spiro atoms. The van der Waals surface area contributed by atoms with Gasteiger partial charge in [-0.15, -0.1) is 0 Å². The van der Waals surface area contributed by atoms with Crippen molar-refractivity contribution in [1.29, 1.82) is 0 Å². The van der Waals surface area contributed by atoms with Crippen molar-refractivity contribution in [3.05, 3.63) is 59.2 Å². The maximum Gasteiger partial charge on any atom is 0.255 e. The van der Waals surface area contributed by atoms with Crippen molar-refractivity contribution in [2.24, 2.45) is 0 Å². The van der Waals surface area contributed by atoms with E-state index < -0.39 is 23.5 Å². The fourth-order valence-electron chi connectivity index (χ4n) is 4.46. The molecule has 3 aromatic heterocycles. The van der Waals surface area contributed by atoms with Gasteiger partial charge in [-0.25, -0.2) is 27.7 Å². The summed E-state index contributed by atoms with van der Waals surface area (Å²) in [5, 5.41) is 9.89. The zero-order valence-electron chi connectivity index (χ0n) is 19.6. The first-order valence-corrected chi connectivity index (χ1v) is 11.7. The molecule has 35 heavy (non-hydrogen) atoms. The monoisotopic (exact) mass is 484 g/mol. The van der Waals surface area contributed by atoms with E-state index in [0.29, 0.717) is 17.0 Å². The van der Waals surface area contributed by atoms with Gasteiger partial charge in [-0.2, -0.15) is 5.10 Å². The molecule has 3 heterocycles. The number of rotatable bonds is 6. The number of carbonyl (C=O) groups is 1. The second kappa shape index (κ2) is 8.66. The first-order valence-electron chi connectivity index (χ1n) is 11.7. The topological polar surface area (TPSA) is 84.2 Å². The minimum absolute atomic E-state index is 0.107. The van der Waals surface area contributed by atoms with Gasteiger partial charge in [0.2, 0.25) is 5.95 Å². The molecule has 0 atom stereocenters. The van der Waals surface area contributed by atoms with Gasteiger partial charge in [-0.3, -0.25) is 4.79 Å². The normalized spacial score (nSPS) is 17.8. The van der Waals surface area contributed by atoms with Crippen molar-refractivity contribution in [2.75, 3.05) is 11.9 Å². The Morgan fingerprint density at radius 2 is 2.09 bits per heavy atom. The first-order chi connectivity index (χ1) is 16.6. The lowest BCUT2D eigenvalue weighted by Crippen LogP contribution is -2.50. The number of anilines is 1. The van der Waals surface area contributed by atoms with Gasteiger partial charge in [0, 0.05) is 36.8 Å². The number of hydrogen-bond donors (Lipinski definition) is 2. The van der Waals surface area contributed by atoms with E-state index in [-0.39, 0.29) is 19.4 Å². The minimum Gasteiger partial charge on any atom is -0.351 e. The number of aromatic nitrogens is 4. The number of amides is 1. The molecule has 1 amide bonds. The molecule has 2 aliphatic carbocycles. The van der Waals surface area contributed by atoms with Crippen LogP contribution in [0.4, 0.5) is 19.1 Å². The van der Waals surface area contributed by atoms with Crippen LogP contribution in [0.2, 0.25) is 0 Å². The lowest BCUT2D eigenvalue weighted by atomic mass is 9.88. The Morgan fingerprint density at radius 3 is 2.83 bits per heavy atom. The Kier molecular flexibility index (Phi) is 5.77. The summed E-state index contributed by atoms with van der Waals surface area (Å²) in [5.74, 6) is -2.73. The number of carbonyl (C=O) groups excluding carboxylic acids is 1. The predicted octanol–water partition coefficient (Wildman–Crippen LogP) is 4.58. The van der Waals surface area contributed by atoms with Gasteiger partial charge < -0.3 is 10.6 Å². The van der Waals surface area contributed by atoms with Gasteiger partial charge in [0.15, 0.2) is 0 Å². The van der Waals surface area contributed by atoms with E-state index in [1.165, 1.54) is 20.0 Å². The summed E-state index contributed by atoms with van der Waals surface area (Å²) in [4.78, 5) is 21.8. The van der Waals surface area contributed by atoms with Crippen molar-refractivity contribution in [2.45, 2.75) is 63.6 Å². The molecule has 1 fully saturated rings. The van der Waals surface area contributed by atoms with Crippen LogP contribution in [0.5, 0.6) is 0 Å². The predicted molar refractivity (Wildman–Crippen MR) is 126 cm³/mol. The molecule has 0 unspecified atom stereocenters. The number of hydrogen-bond acceptors (Lipinski definition) is 5. The number of nitrogens with zero attached hydrogens (tertiary/aromatic N) is 4. The molecule has 2 aliphatic rings. The van der Waals surface area contributed by atoms with E-state index in [0.717, 1.165) is 41.7 Å². The quantitative estimate of drug-likeness (QED) is 0.535. The number of halogens is 3. The number of nitrogens with one attached hydrogen (secondary N) is 2. The first kappa shape index (κ1) is 23.3. The smallest absolute Gasteiger partial charge is 0.255 e. The standard InChI is InChI=1S/C25H27F3N6O/c1-24(2,26)14-30-23-29-12-18-17(5-3-4-6-20(18)33-23)15-7-8-34-21(9-15)19(13-31-34)22(35)32-16-10-25(27,28)11-16/h5,7-9,12-13,16H,3-4,6,10-11,14H2,1-2H3,(H,32,35)(H,29,30,33). The minimum atomic E-state index is -2.70. The number of fused-ring (bicyclic) bond motifs is 2. The third-order valence-corrected chi connectivity index (χ3v) is 6.29. The molecule has 0 aliphatic heterocycles. The highest BCUT2D eigenvalue weighted by Gasteiger charge is 2.46. The van der Waals surface area contributed by atoms with E-state index >= 15 is 0 Å². The summed E-state index contributed by atoms with van der Waals surface area (Å²) >= 11 is 0. The summed E-state index contributed by atoms with van der Waals surface area (Å²) < 4.78 is 41.8. The number of pyridine rings is 1. The van der Waals surface area contributed by atoms with Crippen molar-refractivity contribution in [3.63, 3.8) is 0 Å². The summed E-state index contributed by atoms with van der Waals surface area (Å²) in [6.45, 7) is 3.09. The van der Waals surface area contributed by atoms with Gasteiger partial charge in [-0.1, -0.05) is 6.08 Å². The summed E-state index contributed by atoms with van der Waals surface area (Å²) in [6.07, 6.45) is 8.94. The zero-order chi connectivity index (χ0) is 24.8. The average molecular weight is 485 g/mol. The van der Waals surface area contributed by atoms with Crippen LogP contribution in [-0.4, -0.2) is 49.7 Å². The number of aryl methyl sites for hydroxylation is 1. The van der Waals surface area contributed by atoms with Crippen molar-refractivity contribution in [3.8, 4) is 0 Å². The highest BCUT2D eigenvalue weighted by Crippen LogP contribution is 2.37. The van der Waals surface area contributed by atoms with E-state index in [1.54, 1.807) is 16.9 Å². The molecule has 7 nitrogen and oxygen atoms in total. The van der Waals surface area contributed by atoms with Gasteiger partial charge in [-0.05, 0) is 56.4 Å². The molecule has 0 bridgehead atoms. The Balaban J connectivity index is 1.43. The van der Waals surface area contributed by atoms with Crippen LogP contribution in [0.25, 0.3) is 11.1 Å². The highest BCUT2D eigenvalue weighted by molar-refractivity contribution is 6.01. The van der Waals surface area contributed by atoms with Crippen LogP contribution in [0.1, 0.15) is 66.7 Å². The molecule has 2 N–H and O–H groups in total. The summed E-state index contributed by atoms with van der Waals surface area (Å²) in [5.41, 5.74) is 3.12. The summed E-state index contributed by atoms with van der Waals surface area (Å²) in [7, 11) is 0. The van der Waals surface area contributed by atoms with Crippen LogP contribution >= 0.6 is 0 Å². The molecule has 0 saturated heterocycles. The molecule has 3 aromatic rings. The third kappa shape index (κ3) is 5.01. The number of allylic oxidation sites excluding steroid dienone is 1. The third-order valence-electron chi connectivity index (χ3n) is 6.29. The molecule has 184 valence electrons. The SMILES string of the molecule is CC(C)(F)CNc1ncc2c(n1)CCCC=C2c1ccn2ncc(C(=O)NC3CC(F)(F)C3)c2c1. The van der Waals surface area contributed by atoms with E-state index in [2.05, 4.69) is 31.8 Å². The van der Waals surface area contributed by atoms with Crippen LogP contribution in [0.15, 0.2) is 36.8 Å². The van der Waals surface area contributed by atoms with Crippen molar-refractivity contribution < 1.29 is 18.0 Å². The van der Waals surface area contributed by atoms with Gasteiger partial charge >= 0.3 is 0 Å². The number of alkyl halides is 3. The van der Waals surface area contributed by atoms with Crippen LogP contribution < -0.4 is 10.6 Å². The fourth-order valence-corrected chi connectivity index (χ4v) is 4.46. The molecular weight excluding hydrogens is 457 g/mol. The lowest BCUT2D eigenvalue weighted by molar-refractivity contribution is -0.0901. The Labute approximate surface area is 200 Å². The maximum atomic E-state index is 13.9. The van der Waals surface area contributed by atoms with Crippen molar-refractivity contribution in [1.82, 2.24) is 24.9 Å². The molecule has 0 aromatic carbocycles. The summed E-state index contributed by atoms with van der Waals surface area (Å²) in [6, 6.07) is 3.25. The molecular formula is C25H27F3N6O. The fraction of sp³-hybridized carbons (Fsp3) is 0.440. The Morgan fingerprint density at radius 1 is 1.29 bits per heavy atom. The van der Waals surface area contributed by atoms with Gasteiger partial charge in [0.05, 0.1) is 29.5 Å². The van der Waals surface area contributed by atoms with Gasteiger partial charge in [0.1, 0.15) is 5.67 Å². The van der Waals surface area contributed by atoms with Crippen LogP contribution in [0, 0.1) is 0 Å². The molecule has 1 saturated carbocycles. The molecule has 0 radical (unpaired) electrons. The maximum absolute atomic E-state index is 13.9. The van der Waals surface area contributed by atoms with E-state index in [9.17, 15) is 18.0 Å². The largest absolute Gasteiger partial charge is 0.351 e.